The first-order valence-corrected chi connectivity index (χ1v) is 9.92. The summed E-state index contributed by atoms with van der Waals surface area (Å²) in [6.07, 6.45) is 1.68. The maximum absolute atomic E-state index is 11.9. The molecule has 1 aliphatic heterocycles. The minimum absolute atomic E-state index is 0.203. The Hall–Kier alpha value is -3.15. The van der Waals surface area contributed by atoms with Gasteiger partial charge in [0.05, 0.1) is 32.0 Å². The lowest BCUT2D eigenvalue weighted by atomic mass is 10.2. The smallest absolute Gasteiger partial charge is 0.373 e. The van der Waals surface area contributed by atoms with Gasteiger partial charge < -0.3 is 23.8 Å². The van der Waals surface area contributed by atoms with E-state index in [0.717, 1.165) is 35.8 Å². The van der Waals surface area contributed by atoms with Gasteiger partial charge in [-0.25, -0.2) is 4.79 Å². The van der Waals surface area contributed by atoms with Crippen LogP contribution in [0.5, 0.6) is 11.5 Å². The van der Waals surface area contributed by atoms with Crippen molar-refractivity contribution in [2.45, 2.75) is 13.8 Å². The van der Waals surface area contributed by atoms with Gasteiger partial charge >= 0.3 is 5.97 Å². The summed E-state index contributed by atoms with van der Waals surface area (Å²) in [5, 5.41) is 0. The summed E-state index contributed by atoms with van der Waals surface area (Å²) in [5.74, 6) is 1.44. The molecule has 0 fully saturated rings. The fraction of sp³-hybridized carbons (Fsp3) is 0.348. The second kappa shape index (κ2) is 10.4. The zero-order chi connectivity index (χ0) is 20.5. The van der Waals surface area contributed by atoms with Crippen molar-refractivity contribution in [1.29, 1.82) is 0 Å². The number of nitrogens with zero attached hydrogens (tertiary/aromatic N) is 1. The first-order valence-electron chi connectivity index (χ1n) is 9.92. The van der Waals surface area contributed by atoms with E-state index in [1.54, 1.807) is 13.0 Å². The van der Waals surface area contributed by atoms with Crippen LogP contribution in [0, 0.1) is 0 Å². The van der Waals surface area contributed by atoms with E-state index >= 15 is 0 Å². The standard InChI is InChI=1S/C23H27NO5/c1-3-26-22(23(25)27-4-2)17-18-9-11-19(12-10-18)28-15-13-24-14-16-29-21-8-6-5-7-20(21)24/h5-12,17H,3-4,13-16H2,1-2H3/b22-17-. The number of carbonyl (C=O) groups is 1. The van der Waals surface area contributed by atoms with E-state index in [9.17, 15) is 4.79 Å². The van der Waals surface area contributed by atoms with Crippen LogP contribution in [0.4, 0.5) is 5.69 Å². The van der Waals surface area contributed by atoms with Crippen molar-refractivity contribution in [2.24, 2.45) is 0 Å². The number of fused-ring (bicyclic) bond motifs is 1. The molecule has 3 rings (SSSR count). The highest BCUT2D eigenvalue weighted by Crippen LogP contribution is 2.30. The van der Waals surface area contributed by atoms with E-state index in [2.05, 4.69) is 11.0 Å². The third kappa shape index (κ3) is 5.67. The van der Waals surface area contributed by atoms with Crippen LogP contribution in [0.2, 0.25) is 0 Å². The molecule has 2 aromatic carbocycles. The van der Waals surface area contributed by atoms with Crippen LogP contribution in [-0.4, -0.2) is 45.5 Å². The third-order valence-electron chi connectivity index (χ3n) is 4.41. The average Bonchev–Trinajstić information content (AvgIpc) is 2.75. The zero-order valence-electron chi connectivity index (χ0n) is 16.9. The molecule has 1 aliphatic rings. The molecule has 6 nitrogen and oxygen atoms in total. The maximum Gasteiger partial charge on any atom is 0.373 e. The molecule has 0 aliphatic carbocycles. The van der Waals surface area contributed by atoms with Crippen LogP contribution >= 0.6 is 0 Å². The summed E-state index contributed by atoms with van der Waals surface area (Å²) >= 11 is 0. The Morgan fingerprint density at radius 1 is 1.07 bits per heavy atom. The molecule has 0 atom stereocenters. The summed E-state index contributed by atoms with van der Waals surface area (Å²) in [5.41, 5.74) is 1.95. The fourth-order valence-electron chi connectivity index (χ4n) is 3.06. The number of benzene rings is 2. The lowest BCUT2D eigenvalue weighted by molar-refractivity contribution is -0.142. The molecule has 0 bridgehead atoms. The minimum atomic E-state index is -0.458. The van der Waals surface area contributed by atoms with Gasteiger partial charge in [-0.1, -0.05) is 24.3 Å². The van der Waals surface area contributed by atoms with Crippen LogP contribution in [0.25, 0.3) is 6.08 Å². The summed E-state index contributed by atoms with van der Waals surface area (Å²) in [6, 6.07) is 15.6. The quantitative estimate of drug-likeness (QED) is 0.363. The third-order valence-corrected chi connectivity index (χ3v) is 4.41. The van der Waals surface area contributed by atoms with Crippen LogP contribution in [0.1, 0.15) is 19.4 Å². The Kier molecular flexibility index (Phi) is 7.39. The molecule has 1 heterocycles. The molecule has 2 aromatic rings. The largest absolute Gasteiger partial charge is 0.492 e. The summed E-state index contributed by atoms with van der Waals surface area (Å²) in [4.78, 5) is 14.2. The van der Waals surface area contributed by atoms with Crippen molar-refractivity contribution in [3.63, 3.8) is 0 Å². The fourth-order valence-corrected chi connectivity index (χ4v) is 3.06. The van der Waals surface area contributed by atoms with Gasteiger partial charge in [-0.15, -0.1) is 0 Å². The lowest BCUT2D eigenvalue weighted by Gasteiger charge is -2.31. The molecule has 0 N–H and O–H groups in total. The molecule has 0 spiro atoms. The Labute approximate surface area is 171 Å². The Bertz CT molecular complexity index is 831. The van der Waals surface area contributed by atoms with Crippen LogP contribution in [0.15, 0.2) is 54.3 Å². The van der Waals surface area contributed by atoms with Gasteiger partial charge in [0.15, 0.2) is 0 Å². The SMILES string of the molecule is CCOC(=O)/C(=C/c1ccc(OCCN2CCOc3ccccc32)cc1)OCC. The summed E-state index contributed by atoms with van der Waals surface area (Å²) < 4.78 is 22.0. The molecule has 0 radical (unpaired) electrons. The van der Waals surface area contributed by atoms with E-state index in [-0.39, 0.29) is 5.76 Å². The highest BCUT2D eigenvalue weighted by molar-refractivity contribution is 5.91. The molecule has 154 valence electrons. The predicted molar refractivity (Wildman–Crippen MR) is 112 cm³/mol. The number of esters is 1. The molecule has 6 heteroatoms. The van der Waals surface area contributed by atoms with Gasteiger partial charge in [0.25, 0.3) is 0 Å². The molecular weight excluding hydrogens is 370 g/mol. The minimum Gasteiger partial charge on any atom is -0.492 e. The second-order valence-electron chi connectivity index (χ2n) is 6.38. The monoisotopic (exact) mass is 397 g/mol. The van der Waals surface area contributed by atoms with Crippen molar-refractivity contribution >= 4 is 17.7 Å². The Balaban J connectivity index is 1.56. The molecule has 0 saturated carbocycles. The maximum atomic E-state index is 11.9. The van der Waals surface area contributed by atoms with E-state index in [1.807, 2.05) is 49.4 Å². The first kappa shape index (κ1) is 20.6. The number of hydrogen-bond donors (Lipinski definition) is 0. The Morgan fingerprint density at radius 2 is 1.83 bits per heavy atom. The second-order valence-corrected chi connectivity index (χ2v) is 6.38. The lowest BCUT2D eigenvalue weighted by Crippen LogP contribution is -2.35. The number of para-hydroxylation sites is 2. The molecular formula is C23H27NO5. The van der Waals surface area contributed by atoms with Crippen molar-refractivity contribution in [3.05, 3.63) is 59.9 Å². The molecule has 0 unspecified atom stereocenters. The topological polar surface area (TPSA) is 57.2 Å². The highest BCUT2D eigenvalue weighted by atomic mass is 16.6. The number of hydrogen-bond acceptors (Lipinski definition) is 6. The highest BCUT2D eigenvalue weighted by Gasteiger charge is 2.17. The van der Waals surface area contributed by atoms with E-state index in [0.29, 0.717) is 26.4 Å². The normalized spacial score (nSPS) is 13.3. The summed E-state index contributed by atoms with van der Waals surface area (Å²) in [7, 11) is 0. The van der Waals surface area contributed by atoms with Crippen molar-refractivity contribution in [1.82, 2.24) is 0 Å². The average molecular weight is 397 g/mol. The van der Waals surface area contributed by atoms with Crippen LogP contribution in [0.3, 0.4) is 0 Å². The van der Waals surface area contributed by atoms with Gasteiger partial charge in [0.1, 0.15) is 24.7 Å². The van der Waals surface area contributed by atoms with E-state index in [1.165, 1.54) is 0 Å². The predicted octanol–water partition coefficient (Wildman–Crippen LogP) is 3.90. The summed E-state index contributed by atoms with van der Waals surface area (Å²) in [6.45, 7) is 7.18. The van der Waals surface area contributed by atoms with Crippen molar-refractivity contribution in [2.75, 3.05) is 44.4 Å². The van der Waals surface area contributed by atoms with Gasteiger partial charge in [-0.05, 0) is 49.8 Å². The molecule has 29 heavy (non-hydrogen) atoms. The van der Waals surface area contributed by atoms with Crippen molar-refractivity contribution in [3.8, 4) is 11.5 Å². The van der Waals surface area contributed by atoms with Crippen LogP contribution in [-0.2, 0) is 14.3 Å². The zero-order valence-corrected chi connectivity index (χ0v) is 16.9. The van der Waals surface area contributed by atoms with Gasteiger partial charge in [0, 0.05) is 0 Å². The molecule has 0 saturated heterocycles. The molecule has 0 aromatic heterocycles. The molecule has 0 amide bonds. The Morgan fingerprint density at radius 3 is 2.59 bits per heavy atom. The van der Waals surface area contributed by atoms with Crippen molar-refractivity contribution < 1.29 is 23.7 Å². The van der Waals surface area contributed by atoms with Gasteiger partial charge in [-0.2, -0.15) is 0 Å². The first-order chi connectivity index (χ1) is 14.2. The van der Waals surface area contributed by atoms with Crippen LogP contribution < -0.4 is 14.4 Å². The number of rotatable bonds is 9. The van der Waals surface area contributed by atoms with E-state index < -0.39 is 5.97 Å². The number of ether oxygens (including phenoxy) is 4. The van der Waals surface area contributed by atoms with Gasteiger partial charge in [-0.3, -0.25) is 0 Å². The number of carbonyl (C=O) groups excluding carboxylic acids is 1. The number of anilines is 1. The van der Waals surface area contributed by atoms with Gasteiger partial charge in [0.2, 0.25) is 5.76 Å². The van der Waals surface area contributed by atoms with E-state index in [4.69, 9.17) is 18.9 Å².